The Hall–Kier alpha value is -3.12. The Morgan fingerprint density at radius 1 is 1.11 bits per heavy atom. The first-order valence-electron chi connectivity index (χ1n) is 12.4. The number of amides is 1. The number of rotatable bonds is 8. The molecule has 0 bridgehead atoms. The highest BCUT2D eigenvalue weighted by molar-refractivity contribution is 6.33. The molecule has 198 valence electrons. The van der Waals surface area contributed by atoms with Crippen molar-refractivity contribution in [3.05, 3.63) is 99.0 Å². The number of anilines is 1. The Kier molecular flexibility index (Phi) is 8.93. The van der Waals surface area contributed by atoms with Gasteiger partial charge in [0, 0.05) is 43.3 Å². The topological polar surface area (TPSA) is 99.8 Å². The molecule has 38 heavy (non-hydrogen) atoms. The average molecular weight is 553 g/mol. The molecule has 0 saturated carbocycles. The van der Waals surface area contributed by atoms with Crippen molar-refractivity contribution in [3.8, 4) is 6.07 Å². The maximum atomic E-state index is 12.3. The summed E-state index contributed by atoms with van der Waals surface area (Å²) in [4.78, 5) is 16.8. The number of hydrogen-bond donors (Lipinski definition) is 3. The molecule has 2 atom stereocenters. The molecule has 3 aromatic rings. The van der Waals surface area contributed by atoms with Crippen molar-refractivity contribution in [2.75, 3.05) is 44.2 Å². The number of β-amino-alcohol motifs (C(OH)–C–C–N with tert-alkyl or cyclic N) is 1. The van der Waals surface area contributed by atoms with E-state index in [0.29, 0.717) is 47.4 Å². The van der Waals surface area contributed by atoms with E-state index in [1.165, 1.54) is 0 Å². The highest BCUT2D eigenvalue weighted by Gasteiger charge is 2.34. The van der Waals surface area contributed by atoms with E-state index in [0.717, 1.165) is 16.8 Å². The van der Waals surface area contributed by atoms with Gasteiger partial charge >= 0.3 is 0 Å². The van der Waals surface area contributed by atoms with Crippen molar-refractivity contribution in [3.63, 3.8) is 0 Å². The summed E-state index contributed by atoms with van der Waals surface area (Å²) >= 11 is 12.9. The van der Waals surface area contributed by atoms with Crippen LogP contribution in [0.2, 0.25) is 10.0 Å². The lowest BCUT2D eigenvalue weighted by Gasteiger charge is -2.45. The fourth-order valence-corrected chi connectivity index (χ4v) is 5.24. The van der Waals surface area contributed by atoms with Gasteiger partial charge in [-0.25, -0.2) is 0 Å². The van der Waals surface area contributed by atoms with Crippen LogP contribution in [0.15, 0.2) is 66.7 Å². The standard InChI is InChI=1S/C29H30Cl2N4O3/c1-29(38,23-7-2-20(17-32)3-8-23)19-34-13-14-35(27(18-34)21-4-9-24(30)10-5-21)26-11-6-22(16-25(26)31)28(37)33-12-15-36/h2-11,16,27,36,38H,12-15,18-19H2,1H3,(H,33,37)/t27-,29+/m0/s1. The number of carbonyl (C=O) groups excluding carboxylic acids is 1. The predicted octanol–water partition coefficient (Wildman–Crippen LogP) is 4.36. The monoisotopic (exact) mass is 552 g/mol. The van der Waals surface area contributed by atoms with Gasteiger partial charge in [-0.1, -0.05) is 47.5 Å². The van der Waals surface area contributed by atoms with Crippen LogP contribution in [0.1, 0.15) is 40.0 Å². The van der Waals surface area contributed by atoms with Gasteiger partial charge in [-0.3, -0.25) is 9.69 Å². The molecule has 0 aromatic heterocycles. The van der Waals surface area contributed by atoms with E-state index in [4.69, 9.17) is 33.6 Å². The minimum Gasteiger partial charge on any atom is -0.395 e. The van der Waals surface area contributed by atoms with E-state index in [9.17, 15) is 9.90 Å². The van der Waals surface area contributed by atoms with E-state index in [2.05, 4.69) is 21.2 Å². The minimum atomic E-state index is -1.11. The normalized spacial score (nSPS) is 17.5. The van der Waals surface area contributed by atoms with Gasteiger partial charge in [-0.2, -0.15) is 5.26 Å². The molecular weight excluding hydrogens is 523 g/mol. The number of nitrogens with one attached hydrogen (secondary N) is 1. The molecule has 0 spiro atoms. The molecule has 9 heteroatoms. The molecule has 1 heterocycles. The Morgan fingerprint density at radius 3 is 2.45 bits per heavy atom. The third-order valence-electron chi connectivity index (χ3n) is 6.80. The summed E-state index contributed by atoms with van der Waals surface area (Å²) in [5, 5.41) is 33.1. The molecule has 1 aliphatic heterocycles. The van der Waals surface area contributed by atoms with Crippen molar-refractivity contribution in [2.24, 2.45) is 0 Å². The highest BCUT2D eigenvalue weighted by Crippen LogP contribution is 2.37. The van der Waals surface area contributed by atoms with Crippen LogP contribution >= 0.6 is 23.2 Å². The lowest BCUT2D eigenvalue weighted by atomic mass is 9.93. The summed E-state index contributed by atoms with van der Waals surface area (Å²) in [5.41, 5.74) is 2.48. The van der Waals surface area contributed by atoms with Crippen LogP contribution in [0.4, 0.5) is 5.69 Å². The van der Waals surface area contributed by atoms with Crippen LogP contribution in [0.25, 0.3) is 0 Å². The molecule has 4 rings (SSSR count). The molecule has 0 unspecified atom stereocenters. The van der Waals surface area contributed by atoms with Crippen molar-refractivity contribution in [1.82, 2.24) is 10.2 Å². The van der Waals surface area contributed by atoms with Gasteiger partial charge < -0.3 is 20.4 Å². The van der Waals surface area contributed by atoms with Crippen LogP contribution in [0.3, 0.4) is 0 Å². The van der Waals surface area contributed by atoms with Crippen molar-refractivity contribution < 1.29 is 15.0 Å². The van der Waals surface area contributed by atoms with Crippen LogP contribution in [-0.2, 0) is 5.60 Å². The second kappa shape index (κ2) is 12.2. The fraction of sp³-hybridized carbons (Fsp3) is 0.310. The van der Waals surface area contributed by atoms with E-state index < -0.39 is 5.60 Å². The zero-order valence-electron chi connectivity index (χ0n) is 21.1. The maximum absolute atomic E-state index is 12.3. The van der Waals surface area contributed by atoms with E-state index in [1.807, 2.05) is 30.3 Å². The number of benzene rings is 3. The molecule has 1 aliphatic rings. The van der Waals surface area contributed by atoms with E-state index >= 15 is 0 Å². The number of nitrogens with zero attached hydrogens (tertiary/aromatic N) is 3. The maximum Gasteiger partial charge on any atom is 0.251 e. The number of nitriles is 1. The molecule has 1 fully saturated rings. The average Bonchev–Trinajstić information content (AvgIpc) is 2.92. The predicted molar refractivity (Wildman–Crippen MR) is 150 cm³/mol. The molecule has 3 aromatic carbocycles. The van der Waals surface area contributed by atoms with Gasteiger partial charge in [0.25, 0.3) is 5.91 Å². The van der Waals surface area contributed by atoms with Crippen LogP contribution in [0.5, 0.6) is 0 Å². The Balaban J connectivity index is 1.58. The van der Waals surface area contributed by atoms with Crippen LogP contribution < -0.4 is 10.2 Å². The second-order valence-electron chi connectivity index (χ2n) is 9.60. The number of piperazine rings is 1. The zero-order chi connectivity index (χ0) is 27.3. The van der Waals surface area contributed by atoms with Gasteiger partial charge in [0.1, 0.15) is 0 Å². The first-order valence-corrected chi connectivity index (χ1v) is 13.1. The highest BCUT2D eigenvalue weighted by atomic mass is 35.5. The third kappa shape index (κ3) is 6.47. The fourth-order valence-electron chi connectivity index (χ4n) is 4.82. The van der Waals surface area contributed by atoms with Crippen LogP contribution in [-0.4, -0.2) is 60.4 Å². The van der Waals surface area contributed by atoms with Crippen LogP contribution in [0, 0.1) is 11.3 Å². The van der Waals surface area contributed by atoms with Gasteiger partial charge in [0.05, 0.1) is 40.6 Å². The molecule has 3 N–H and O–H groups in total. The summed E-state index contributed by atoms with van der Waals surface area (Å²) in [5.74, 6) is -0.295. The summed E-state index contributed by atoms with van der Waals surface area (Å²) in [6.45, 7) is 4.19. The molecule has 0 radical (unpaired) electrons. The van der Waals surface area contributed by atoms with Crippen molar-refractivity contribution >= 4 is 34.8 Å². The minimum absolute atomic E-state index is 0.0793. The van der Waals surface area contributed by atoms with Gasteiger partial charge in [-0.15, -0.1) is 0 Å². The number of aliphatic hydroxyl groups excluding tert-OH is 1. The molecular formula is C29H30Cl2N4O3. The smallest absolute Gasteiger partial charge is 0.251 e. The summed E-state index contributed by atoms with van der Waals surface area (Å²) in [6.07, 6.45) is 0. The zero-order valence-corrected chi connectivity index (χ0v) is 22.6. The van der Waals surface area contributed by atoms with Gasteiger partial charge in [0.2, 0.25) is 0 Å². The number of carbonyl (C=O) groups is 1. The lowest BCUT2D eigenvalue weighted by molar-refractivity contribution is 0.0103. The Labute approximate surface area is 232 Å². The van der Waals surface area contributed by atoms with Gasteiger partial charge in [-0.05, 0) is 60.5 Å². The van der Waals surface area contributed by atoms with E-state index in [1.54, 1.807) is 43.3 Å². The largest absolute Gasteiger partial charge is 0.395 e. The SMILES string of the molecule is C[C@@](O)(CN1CCN(c2ccc(C(=O)NCCO)cc2Cl)[C@H](c2ccc(Cl)cc2)C1)c1ccc(C#N)cc1. The second-order valence-corrected chi connectivity index (χ2v) is 10.4. The molecule has 1 saturated heterocycles. The quantitative estimate of drug-likeness (QED) is 0.384. The summed E-state index contributed by atoms with van der Waals surface area (Å²) in [7, 11) is 0. The molecule has 1 amide bonds. The Morgan fingerprint density at radius 2 is 1.82 bits per heavy atom. The van der Waals surface area contributed by atoms with Crippen molar-refractivity contribution in [1.29, 1.82) is 5.26 Å². The number of aliphatic hydroxyl groups is 2. The number of hydrogen-bond acceptors (Lipinski definition) is 6. The molecule has 7 nitrogen and oxygen atoms in total. The Bertz CT molecular complexity index is 1310. The first kappa shape index (κ1) is 27.9. The first-order chi connectivity index (χ1) is 18.2. The van der Waals surface area contributed by atoms with Gasteiger partial charge in [0.15, 0.2) is 0 Å². The number of halogens is 2. The third-order valence-corrected chi connectivity index (χ3v) is 7.36. The molecule has 0 aliphatic carbocycles. The van der Waals surface area contributed by atoms with Crippen molar-refractivity contribution in [2.45, 2.75) is 18.6 Å². The summed E-state index contributed by atoms with van der Waals surface area (Å²) in [6, 6.07) is 22.0. The lowest BCUT2D eigenvalue weighted by Crippen LogP contribution is -2.52. The summed E-state index contributed by atoms with van der Waals surface area (Å²) < 4.78 is 0. The van der Waals surface area contributed by atoms with E-state index in [-0.39, 0.29) is 25.1 Å².